The second kappa shape index (κ2) is 9.21. The topological polar surface area (TPSA) is 31.9 Å². The van der Waals surface area contributed by atoms with E-state index in [0.717, 1.165) is 32.6 Å². The number of nitrogens with zero attached hydrogens (tertiary/aromatic N) is 2. The summed E-state index contributed by atoms with van der Waals surface area (Å²) in [6.07, 6.45) is 8.16. The van der Waals surface area contributed by atoms with E-state index < -0.39 is 0 Å². The Labute approximate surface area is 188 Å². The maximum absolute atomic E-state index is 13.9. The van der Waals surface area contributed by atoms with Crippen molar-refractivity contribution in [2.24, 2.45) is 0 Å². The number of benzene rings is 2. The Balaban J connectivity index is 1.55. The Morgan fingerprint density at radius 1 is 1.14 bits per heavy atom. The molecule has 1 fully saturated rings. The Morgan fingerprint density at radius 2 is 1.90 bits per heavy atom. The van der Waals surface area contributed by atoms with Crippen LogP contribution in [0.3, 0.4) is 0 Å². The van der Waals surface area contributed by atoms with Crippen LogP contribution in [0.5, 0.6) is 0 Å². The summed E-state index contributed by atoms with van der Waals surface area (Å²) in [5.41, 5.74) is 2.48. The zero-order chi connectivity index (χ0) is 20.4. The fourth-order valence-corrected chi connectivity index (χ4v) is 5.15. The molecule has 0 bridgehead atoms. The molecule has 0 saturated heterocycles. The molecule has 3 aromatic rings. The minimum absolute atomic E-state index is 0.297. The largest absolute Gasteiger partial charge is 0.338 e. The zero-order valence-electron chi connectivity index (χ0n) is 16.1. The first-order valence-electron chi connectivity index (χ1n) is 9.72. The van der Waals surface area contributed by atoms with Gasteiger partial charge < -0.3 is 4.98 Å². The van der Waals surface area contributed by atoms with Crippen LogP contribution in [0.15, 0.2) is 52.0 Å². The van der Waals surface area contributed by atoms with Crippen LogP contribution in [0.1, 0.15) is 32.1 Å². The molecule has 1 heterocycles. The lowest BCUT2D eigenvalue weighted by Crippen LogP contribution is -2.27. The van der Waals surface area contributed by atoms with E-state index in [1.165, 1.54) is 38.2 Å². The van der Waals surface area contributed by atoms with E-state index in [2.05, 4.69) is 43.3 Å². The van der Waals surface area contributed by atoms with Crippen molar-refractivity contribution in [2.75, 3.05) is 7.05 Å². The number of nitrogens with one attached hydrogen (secondary N) is 1. The van der Waals surface area contributed by atoms with Crippen molar-refractivity contribution >= 4 is 39.5 Å². The van der Waals surface area contributed by atoms with E-state index >= 15 is 0 Å². The van der Waals surface area contributed by atoms with Gasteiger partial charge in [-0.25, -0.2) is 13.7 Å². The second-order valence-corrected chi connectivity index (χ2v) is 9.81. The molecular weight excluding hydrogens is 473 g/mol. The fourth-order valence-electron chi connectivity index (χ4n) is 3.67. The average molecular weight is 495 g/mol. The smallest absolute Gasteiger partial charge is 0.138 e. The van der Waals surface area contributed by atoms with Crippen LogP contribution in [0.4, 0.5) is 4.39 Å². The van der Waals surface area contributed by atoms with Crippen LogP contribution >= 0.6 is 39.5 Å². The lowest BCUT2D eigenvalue weighted by atomic mass is 9.96. The minimum Gasteiger partial charge on any atom is -0.338 e. The maximum atomic E-state index is 13.9. The Hall–Kier alpha value is -1.34. The van der Waals surface area contributed by atoms with E-state index in [1.807, 2.05) is 18.2 Å². The molecule has 0 amide bonds. The highest BCUT2D eigenvalue weighted by atomic mass is 79.9. The normalized spacial score (nSPS) is 15.2. The Bertz CT molecular complexity index is 1000. The van der Waals surface area contributed by atoms with Crippen molar-refractivity contribution in [2.45, 2.75) is 43.0 Å². The summed E-state index contributed by atoms with van der Waals surface area (Å²) in [5, 5.41) is 0.739. The van der Waals surface area contributed by atoms with E-state index in [4.69, 9.17) is 11.6 Å². The highest BCUT2D eigenvalue weighted by molar-refractivity contribution is 9.10. The summed E-state index contributed by atoms with van der Waals surface area (Å²) in [6.45, 7) is 0. The fraction of sp³-hybridized carbons (Fsp3) is 0.318. The molecule has 0 radical (unpaired) electrons. The molecule has 4 rings (SSSR count). The van der Waals surface area contributed by atoms with Gasteiger partial charge in [-0.2, -0.15) is 0 Å². The number of rotatable bonds is 5. The first-order valence-corrected chi connectivity index (χ1v) is 11.7. The van der Waals surface area contributed by atoms with Crippen molar-refractivity contribution in [3.8, 4) is 22.6 Å². The van der Waals surface area contributed by atoms with Gasteiger partial charge in [-0.1, -0.05) is 36.9 Å². The van der Waals surface area contributed by atoms with Crippen molar-refractivity contribution in [1.82, 2.24) is 14.3 Å². The van der Waals surface area contributed by atoms with Gasteiger partial charge in [0.2, 0.25) is 0 Å². The molecule has 1 saturated carbocycles. The van der Waals surface area contributed by atoms with Crippen LogP contribution < -0.4 is 0 Å². The number of aromatic amines is 1. The lowest BCUT2D eigenvalue weighted by Gasteiger charge is -2.30. The summed E-state index contributed by atoms with van der Waals surface area (Å²) in [5.74, 6) is 0.441. The first kappa shape index (κ1) is 20.9. The van der Waals surface area contributed by atoms with Crippen LogP contribution in [0.25, 0.3) is 22.6 Å². The molecule has 0 spiro atoms. The number of aromatic nitrogens is 2. The zero-order valence-corrected chi connectivity index (χ0v) is 19.2. The predicted molar refractivity (Wildman–Crippen MR) is 123 cm³/mol. The third-order valence-electron chi connectivity index (χ3n) is 5.34. The predicted octanol–water partition coefficient (Wildman–Crippen LogP) is 7.57. The van der Waals surface area contributed by atoms with Crippen LogP contribution in [-0.2, 0) is 0 Å². The average Bonchev–Trinajstić information content (AvgIpc) is 3.22. The van der Waals surface area contributed by atoms with Gasteiger partial charge in [0.15, 0.2) is 0 Å². The number of imidazole rings is 1. The van der Waals surface area contributed by atoms with Gasteiger partial charge in [-0.05, 0) is 78.1 Å². The molecule has 3 nitrogen and oxygen atoms in total. The van der Waals surface area contributed by atoms with Crippen LogP contribution in [-0.4, -0.2) is 27.4 Å². The number of halogens is 3. The minimum atomic E-state index is -0.297. The SMILES string of the molecule is CN(Sc1cc(-c2ncc(-c3ccc(Br)c(F)c3)[nH]2)ccc1Cl)C1CCCCC1. The summed E-state index contributed by atoms with van der Waals surface area (Å²) in [4.78, 5) is 8.81. The van der Waals surface area contributed by atoms with Crippen molar-refractivity contribution in [3.63, 3.8) is 0 Å². The standard InChI is InChI=1S/C22H22BrClFN3S/c1-28(16-5-3-2-4-6-16)29-21-12-15(8-10-18(21)24)22-26-13-20(27-22)14-7-9-17(23)19(25)11-14/h7-13,16H,2-6H2,1H3,(H,26,27). The number of H-pyrrole nitrogens is 1. The second-order valence-electron chi connectivity index (χ2n) is 7.35. The third-order valence-corrected chi connectivity index (χ3v) is 7.55. The first-order chi connectivity index (χ1) is 14.0. The van der Waals surface area contributed by atoms with Gasteiger partial charge in [0.1, 0.15) is 11.6 Å². The molecule has 1 N–H and O–H groups in total. The summed E-state index contributed by atoms with van der Waals surface area (Å²) >= 11 is 11.4. The van der Waals surface area contributed by atoms with Gasteiger partial charge >= 0.3 is 0 Å². The monoisotopic (exact) mass is 493 g/mol. The summed E-state index contributed by atoms with van der Waals surface area (Å²) in [6, 6.07) is 11.6. The third kappa shape index (κ3) is 4.88. The van der Waals surface area contributed by atoms with Gasteiger partial charge in [0, 0.05) is 22.1 Å². The summed E-state index contributed by atoms with van der Waals surface area (Å²) < 4.78 is 16.6. The Morgan fingerprint density at radius 3 is 2.66 bits per heavy atom. The van der Waals surface area contributed by atoms with Gasteiger partial charge in [-0.3, -0.25) is 0 Å². The van der Waals surface area contributed by atoms with Crippen molar-refractivity contribution < 1.29 is 4.39 Å². The van der Waals surface area contributed by atoms with Crippen LogP contribution in [0.2, 0.25) is 5.02 Å². The molecule has 1 aromatic heterocycles. The molecule has 0 aliphatic heterocycles. The molecular formula is C22H22BrClFN3S. The molecule has 1 aliphatic carbocycles. The molecule has 0 atom stereocenters. The van der Waals surface area contributed by atoms with Gasteiger partial charge in [0.25, 0.3) is 0 Å². The van der Waals surface area contributed by atoms with E-state index in [0.29, 0.717) is 10.5 Å². The van der Waals surface area contributed by atoms with Crippen molar-refractivity contribution in [1.29, 1.82) is 0 Å². The summed E-state index contributed by atoms with van der Waals surface area (Å²) in [7, 11) is 2.15. The maximum Gasteiger partial charge on any atom is 0.138 e. The van der Waals surface area contributed by atoms with Crippen molar-refractivity contribution in [3.05, 3.63) is 57.9 Å². The van der Waals surface area contributed by atoms with E-state index in [1.54, 1.807) is 24.2 Å². The van der Waals surface area contributed by atoms with E-state index in [9.17, 15) is 4.39 Å². The Kier molecular flexibility index (Phi) is 6.64. The number of hydrogen-bond acceptors (Lipinski definition) is 3. The van der Waals surface area contributed by atoms with Gasteiger partial charge in [-0.15, -0.1) is 0 Å². The highest BCUT2D eigenvalue weighted by Crippen LogP contribution is 2.36. The quantitative estimate of drug-likeness (QED) is 0.371. The molecule has 1 aliphatic rings. The molecule has 2 aromatic carbocycles. The lowest BCUT2D eigenvalue weighted by molar-refractivity contribution is 0.305. The molecule has 7 heteroatoms. The molecule has 0 unspecified atom stereocenters. The molecule has 29 heavy (non-hydrogen) atoms. The van der Waals surface area contributed by atoms with E-state index in [-0.39, 0.29) is 5.82 Å². The van der Waals surface area contributed by atoms with Gasteiger partial charge in [0.05, 0.1) is 21.4 Å². The number of hydrogen-bond donors (Lipinski definition) is 1. The highest BCUT2D eigenvalue weighted by Gasteiger charge is 2.20. The van der Waals surface area contributed by atoms with Crippen LogP contribution in [0, 0.1) is 5.82 Å². The molecule has 152 valence electrons.